The third-order valence-corrected chi connectivity index (χ3v) is 2.02. The fraction of sp³-hybridized carbons (Fsp3) is 0.750. The maximum absolute atomic E-state index is 10.4. The standard InChI is InChI=1S/C8H16N4O2/c9-7(8(13)14)2-1-3-11-12-5-4-10-6-12/h6-7,11H,1-5,9H2,(H,13,14)/t7-/m0/s1. The predicted molar refractivity (Wildman–Crippen MR) is 52.9 cm³/mol. The lowest BCUT2D eigenvalue weighted by atomic mass is 10.2. The lowest BCUT2D eigenvalue weighted by molar-refractivity contribution is -0.138. The lowest BCUT2D eigenvalue weighted by Crippen LogP contribution is -2.37. The van der Waals surface area contributed by atoms with E-state index in [0.29, 0.717) is 6.42 Å². The number of carboxylic acid groups (broad SMARTS) is 1. The van der Waals surface area contributed by atoms with Crippen molar-refractivity contribution in [3.8, 4) is 0 Å². The predicted octanol–water partition coefficient (Wildman–Crippen LogP) is -0.973. The van der Waals surface area contributed by atoms with Crippen molar-refractivity contribution in [2.24, 2.45) is 10.7 Å². The van der Waals surface area contributed by atoms with E-state index in [-0.39, 0.29) is 0 Å². The first-order chi connectivity index (χ1) is 6.70. The Bertz CT molecular complexity index is 215. The second-order valence-electron chi connectivity index (χ2n) is 3.21. The summed E-state index contributed by atoms with van der Waals surface area (Å²) in [5.74, 6) is -0.937. The zero-order valence-corrected chi connectivity index (χ0v) is 8.02. The molecule has 0 saturated carbocycles. The normalized spacial score (nSPS) is 17.4. The van der Waals surface area contributed by atoms with Crippen molar-refractivity contribution >= 4 is 12.3 Å². The van der Waals surface area contributed by atoms with Crippen LogP contribution in [-0.4, -0.2) is 48.1 Å². The summed E-state index contributed by atoms with van der Waals surface area (Å²) in [6.45, 7) is 2.43. The number of nitrogens with zero attached hydrogens (tertiary/aromatic N) is 2. The third-order valence-electron chi connectivity index (χ3n) is 2.02. The van der Waals surface area contributed by atoms with Crippen molar-refractivity contribution < 1.29 is 9.90 Å². The first-order valence-corrected chi connectivity index (χ1v) is 4.68. The molecular formula is C8H16N4O2. The fourth-order valence-corrected chi connectivity index (χ4v) is 1.17. The van der Waals surface area contributed by atoms with E-state index in [1.807, 2.05) is 5.01 Å². The lowest BCUT2D eigenvalue weighted by Gasteiger charge is -2.15. The average molecular weight is 200 g/mol. The van der Waals surface area contributed by atoms with E-state index in [1.165, 1.54) is 0 Å². The molecule has 0 aliphatic carbocycles. The Balaban J connectivity index is 1.98. The maximum Gasteiger partial charge on any atom is 0.320 e. The van der Waals surface area contributed by atoms with Crippen molar-refractivity contribution in [2.75, 3.05) is 19.6 Å². The SMILES string of the molecule is N[C@@H](CCCNN1C=NCC1)C(=O)O. The number of carboxylic acids is 1. The summed E-state index contributed by atoms with van der Waals surface area (Å²) in [7, 11) is 0. The Kier molecular flexibility index (Phi) is 4.34. The number of rotatable bonds is 6. The van der Waals surface area contributed by atoms with Gasteiger partial charge in [0.05, 0.1) is 19.4 Å². The van der Waals surface area contributed by atoms with Crippen LogP contribution in [0.1, 0.15) is 12.8 Å². The van der Waals surface area contributed by atoms with Gasteiger partial charge in [-0.1, -0.05) is 0 Å². The van der Waals surface area contributed by atoms with Crippen LogP contribution in [0.25, 0.3) is 0 Å². The minimum Gasteiger partial charge on any atom is -0.480 e. The van der Waals surface area contributed by atoms with Crippen LogP contribution in [0.5, 0.6) is 0 Å². The highest BCUT2D eigenvalue weighted by atomic mass is 16.4. The van der Waals surface area contributed by atoms with Gasteiger partial charge in [-0.05, 0) is 12.8 Å². The van der Waals surface area contributed by atoms with E-state index in [2.05, 4.69) is 10.4 Å². The number of hydrogen-bond donors (Lipinski definition) is 3. The number of aliphatic imine (C=N–C) groups is 1. The first-order valence-electron chi connectivity index (χ1n) is 4.68. The van der Waals surface area contributed by atoms with E-state index in [1.54, 1.807) is 6.34 Å². The van der Waals surface area contributed by atoms with Gasteiger partial charge in [0.1, 0.15) is 6.04 Å². The molecule has 0 spiro atoms. The van der Waals surface area contributed by atoms with E-state index in [4.69, 9.17) is 10.8 Å². The van der Waals surface area contributed by atoms with Crippen LogP contribution in [-0.2, 0) is 4.79 Å². The molecule has 6 heteroatoms. The van der Waals surface area contributed by atoms with Crippen LogP contribution in [0.3, 0.4) is 0 Å². The molecule has 1 aliphatic heterocycles. The quantitative estimate of drug-likeness (QED) is 0.480. The monoisotopic (exact) mass is 200 g/mol. The van der Waals surface area contributed by atoms with Gasteiger partial charge in [0.15, 0.2) is 0 Å². The van der Waals surface area contributed by atoms with E-state index in [0.717, 1.165) is 26.1 Å². The molecule has 0 fully saturated rings. The van der Waals surface area contributed by atoms with Gasteiger partial charge in [0.2, 0.25) is 0 Å². The summed E-state index contributed by atoms with van der Waals surface area (Å²) in [5, 5.41) is 10.4. The molecule has 1 rings (SSSR count). The number of nitrogens with one attached hydrogen (secondary N) is 1. The van der Waals surface area contributed by atoms with E-state index < -0.39 is 12.0 Å². The van der Waals surface area contributed by atoms with Crippen LogP contribution in [0.15, 0.2) is 4.99 Å². The molecule has 6 nitrogen and oxygen atoms in total. The van der Waals surface area contributed by atoms with Gasteiger partial charge in [-0.25, -0.2) is 5.43 Å². The Morgan fingerprint density at radius 3 is 3.14 bits per heavy atom. The summed E-state index contributed by atoms with van der Waals surface area (Å²) in [6, 6.07) is -0.746. The average Bonchev–Trinajstić information content (AvgIpc) is 2.64. The number of aliphatic carboxylic acids is 1. The second kappa shape index (κ2) is 5.56. The molecule has 14 heavy (non-hydrogen) atoms. The molecule has 0 radical (unpaired) electrons. The summed E-state index contributed by atoms with van der Waals surface area (Å²) < 4.78 is 0. The largest absolute Gasteiger partial charge is 0.480 e. The molecule has 0 saturated heterocycles. The molecular weight excluding hydrogens is 184 g/mol. The molecule has 0 aromatic carbocycles. The molecule has 0 aromatic heterocycles. The van der Waals surface area contributed by atoms with Crippen LogP contribution >= 0.6 is 0 Å². The zero-order valence-electron chi connectivity index (χ0n) is 8.02. The van der Waals surface area contributed by atoms with E-state index in [9.17, 15) is 4.79 Å². The van der Waals surface area contributed by atoms with Crippen molar-refractivity contribution in [1.82, 2.24) is 10.4 Å². The molecule has 80 valence electrons. The zero-order chi connectivity index (χ0) is 10.4. The van der Waals surface area contributed by atoms with Crippen molar-refractivity contribution in [1.29, 1.82) is 0 Å². The number of carbonyl (C=O) groups is 1. The third kappa shape index (κ3) is 3.71. The topological polar surface area (TPSA) is 91.0 Å². The van der Waals surface area contributed by atoms with E-state index >= 15 is 0 Å². The molecule has 4 N–H and O–H groups in total. The molecule has 1 atom stereocenters. The smallest absolute Gasteiger partial charge is 0.320 e. The number of hydrazine groups is 1. The number of hydrogen-bond acceptors (Lipinski definition) is 5. The van der Waals surface area contributed by atoms with Crippen molar-refractivity contribution in [3.63, 3.8) is 0 Å². The summed E-state index contributed by atoms with van der Waals surface area (Å²) in [5.41, 5.74) is 8.45. The van der Waals surface area contributed by atoms with Gasteiger partial charge in [-0.15, -0.1) is 0 Å². The molecule has 1 heterocycles. The molecule has 0 bridgehead atoms. The maximum atomic E-state index is 10.4. The highest BCUT2D eigenvalue weighted by Gasteiger charge is 2.10. The van der Waals surface area contributed by atoms with Gasteiger partial charge in [0, 0.05) is 6.54 Å². The highest BCUT2D eigenvalue weighted by molar-refractivity contribution is 5.72. The minimum atomic E-state index is -0.937. The van der Waals surface area contributed by atoms with Crippen LogP contribution in [0.2, 0.25) is 0 Å². The van der Waals surface area contributed by atoms with Crippen LogP contribution in [0, 0.1) is 0 Å². The molecule has 0 aromatic rings. The molecule has 1 aliphatic rings. The Labute approximate surface area is 82.8 Å². The summed E-state index contributed by atoms with van der Waals surface area (Å²) in [6.07, 6.45) is 2.99. The molecule has 0 amide bonds. The van der Waals surface area contributed by atoms with Gasteiger partial charge < -0.3 is 10.8 Å². The Morgan fingerprint density at radius 2 is 2.57 bits per heavy atom. The van der Waals surface area contributed by atoms with Gasteiger partial charge in [-0.2, -0.15) is 0 Å². The molecule has 0 unspecified atom stereocenters. The van der Waals surface area contributed by atoms with Crippen LogP contribution in [0.4, 0.5) is 0 Å². The Morgan fingerprint density at radius 1 is 1.79 bits per heavy atom. The van der Waals surface area contributed by atoms with Gasteiger partial charge in [-0.3, -0.25) is 14.8 Å². The second-order valence-corrected chi connectivity index (χ2v) is 3.21. The van der Waals surface area contributed by atoms with Crippen molar-refractivity contribution in [2.45, 2.75) is 18.9 Å². The van der Waals surface area contributed by atoms with Crippen LogP contribution < -0.4 is 11.2 Å². The fourth-order valence-electron chi connectivity index (χ4n) is 1.17. The van der Waals surface area contributed by atoms with Gasteiger partial charge >= 0.3 is 5.97 Å². The van der Waals surface area contributed by atoms with Crippen molar-refractivity contribution in [3.05, 3.63) is 0 Å². The van der Waals surface area contributed by atoms with Gasteiger partial charge in [0.25, 0.3) is 0 Å². The first kappa shape index (κ1) is 10.9. The summed E-state index contributed by atoms with van der Waals surface area (Å²) in [4.78, 5) is 14.4. The minimum absolute atomic E-state index is 0.493. The highest BCUT2D eigenvalue weighted by Crippen LogP contribution is 1.94. The summed E-state index contributed by atoms with van der Waals surface area (Å²) >= 11 is 0. The number of nitrogens with two attached hydrogens (primary N) is 1. The Hall–Kier alpha value is -1.14.